The van der Waals surface area contributed by atoms with Crippen LogP contribution in [-0.4, -0.2) is 30.8 Å². The molecule has 42 heavy (non-hydrogen) atoms. The van der Waals surface area contributed by atoms with E-state index in [0.717, 1.165) is 23.2 Å². The Labute approximate surface area is 248 Å². The molecule has 8 nitrogen and oxygen atoms in total. The van der Waals surface area contributed by atoms with Crippen molar-refractivity contribution in [2.75, 3.05) is 0 Å². The summed E-state index contributed by atoms with van der Waals surface area (Å²) in [5.74, 6) is 0.158. The standard InChI is InChI=1S/C28H30FN5O3.C3H8.C2H6/c1-6-10-26-24(27(36)33(7-2)28-30-18(4)31-34(26)28)15-21-14-13-20(16-25(21)29)23-12-9-8-11-22(23)17(3)32-37-19(5)35;1-3-2;1-2/h8-9,11-14,16H,6-7,10,15H2,1-5H3;3H2,1-2H3;1-2H3/b32-17+;;. The highest BCUT2D eigenvalue weighted by Gasteiger charge is 2.20. The number of hydrogen-bond donors (Lipinski definition) is 0. The first-order chi connectivity index (χ1) is 20.2. The van der Waals surface area contributed by atoms with Gasteiger partial charge in [0.1, 0.15) is 11.6 Å². The van der Waals surface area contributed by atoms with Crippen LogP contribution in [0.5, 0.6) is 0 Å². The number of oxime groups is 1. The van der Waals surface area contributed by atoms with Crippen LogP contribution in [0.4, 0.5) is 4.39 Å². The van der Waals surface area contributed by atoms with E-state index in [1.165, 1.54) is 19.4 Å². The molecule has 9 heteroatoms. The van der Waals surface area contributed by atoms with Crippen molar-refractivity contribution in [3.63, 3.8) is 0 Å². The summed E-state index contributed by atoms with van der Waals surface area (Å²) in [6.07, 6.45) is 2.83. The van der Waals surface area contributed by atoms with Gasteiger partial charge >= 0.3 is 5.97 Å². The Morgan fingerprint density at radius 2 is 1.71 bits per heavy atom. The maximum atomic E-state index is 15.5. The summed E-state index contributed by atoms with van der Waals surface area (Å²) < 4.78 is 18.8. The first-order valence-electron chi connectivity index (χ1n) is 14.7. The van der Waals surface area contributed by atoms with Crippen molar-refractivity contribution in [1.82, 2.24) is 19.2 Å². The molecule has 0 aliphatic carbocycles. The molecule has 4 rings (SSSR count). The number of halogens is 1. The van der Waals surface area contributed by atoms with Gasteiger partial charge in [-0.05, 0) is 49.9 Å². The van der Waals surface area contributed by atoms with Gasteiger partial charge < -0.3 is 4.84 Å². The zero-order chi connectivity index (χ0) is 31.4. The second-order valence-corrected chi connectivity index (χ2v) is 9.59. The van der Waals surface area contributed by atoms with E-state index in [9.17, 15) is 9.59 Å². The molecule has 2 aromatic carbocycles. The molecule has 0 aliphatic heterocycles. The third kappa shape index (κ3) is 7.99. The van der Waals surface area contributed by atoms with E-state index in [4.69, 9.17) is 4.84 Å². The van der Waals surface area contributed by atoms with Crippen LogP contribution in [0.15, 0.2) is 52.4 Å². The van der Waals surface area contributed by atoms with Crippen molar-refractivity contribution < 1.29 is 14.0 Å². The lowest BCUT2D eigenvalue weighted by Crippen LogP contribution is -2.29. The fraction of sp³-hybridized carbons (Fsp3) is 0.424. The number of nitrogens with zero attached hydrogens (tertiary/aromatic N) is 5. The molecule has 0 aliphatic rings. The van der Waals surface area contributed by atoms with E-state index in [0.29, 0.717) is 47.0 Å². The fourth-order valence-corrected chi connectivity index (χ4v) is 4.50. The number of rotatable bonds is 8. The molecule has 0 radical (unpaired) electrons. The zero-order valence-electron chi connectivity index (χ0n) is 26.4. The Kier molecular flexibility index (Phi) is 13.3. The summed E-state index contributed by atoms with van der Waals surface area (Å²) in [7, 11) is 0. The van der Waals surface area contributed by atoms with Gasteiger partial charge in [-0.1, -0.05) is 89.0 Å². The molecule has 2 aromatic heterocycles. The van der Waals surface area contributed by atoms with Gasteiger partial charge in [0.2, 0.25) is 5.78 Å². The Balaban J connectivity index is 0.00000116. The quantitative estimate of drug-likeness (QED) is 0.125. The molecule has 0 fully saturated rings. The van der Waals surface area contributed by atoms with E-state index in [-0.39, 0.29) is 12.0 Å². The molecule has 4 aromatic rings. The molecule has 0 amide bonds. The van der Waals surface area contributed by atoms with Crippen molar-refractivity contribution in [1.29, 1.82) is 0 Å². The maximum Gasteiger partial charge on any atom is 0.331 e. The molecular formula is C33H44FN5O3. The molecule has 0 spiro atoms. The van der Waals surface area contributed by atoms with E-state index in [1.807, 2.05) is 58.0 Å². The summed E-state index contributed by atoms with van der Waals surface area (Å²) in [6.45, 7) is 17.4. The van der Waals surface area contributed by atoms with Crippen LogP contribution in [0.1, 0.15) is 96.4 Å². The molecule has 0 N–H and O–H groups in total. The highest BCUT2D eigenvalue weighted by molar-refractivity contribution is 6.04. The Hall–Kier alpha value is -4.14. The summed E-state index contributed by atoms with van der Waals surface area (Å²) in [5, 5.41) is 8.40. The second-order valence-electron chi connectivity index (χ2n) is 9.59. The zero-order valence-corrected chi connectivity index (χ0v) is 26.4. The van der Waals surface area contributed by atoms with Gasteiger partial charge in [0.15, 0.2) is 0 Å². The van der Waals surface area contributed by atoms with Crippen molar-refractivity contribution in [2.24, 2.45) is 5.16 Å². The van der Waals surface area contributed by atoms with Crippen molar-refractivity contribution in [3.8, 4) is 11.1 Å². The van der Waals surface area contributed by atoms with Gasteiger partial charge in [-0.15, -0.1) is 0 Å². The average Bonchev–Trinajstić information content (AvgIpc) is 3.37. The number of carbonyl (C=O) groups excluding carboxylic acids is 1. The van der Waals surface area contributed by atoms with E-state index >= 15 is 4.39 Å². The Morgan fingerprint density at radius 3 is 2.31 bits per heavy atom. The number of aryl methyl sites for hydroxylation is 3. The maximum absolute atomic E-state index is 15.5. The molecule has 226 valence electrons. The van der Waals surface area contributed by atoms with E-state index in [1.54, 1.807) is 29.0 Å². The number of benzene rings is 2. The minimum atomic E-state index is -0.518. The largest absolute Gasteiger partial charge is 0.331 e. The number of aromatic nitrogens is 4. The fourth-order valence-electron chi connectivity index (χ4n) is 4.50. The van der Waals surface area contributed by atoms with Crippen LogP contribution in [0.3, 0.4) is 0 Å². The van der Waals surface area contributed by atoms with Crippen LogP contribution in [0.2, 0.25) is 0 Å². The van der Waals surface area contributed by atoms with Gasteiger partial charge in [-0.25, -0.2) is 13.7 Å². The molecule has 0 bridgehead atoms. The van der Waals surface area contributed by atoms with Gasteiger partial charge in [0.25, 0.3) is 5.56 Å². The first kappa shape index (κ1) is 34.1. The molecule has 0 saturated carbocycles. The SMILES string of the molecule is CC.CCC.CCCc1c(Cc2ccc(-c3ccccc3/C(C)=N/OC(C)=O)cc2F)c(=O)n(CC)c2nc(C)nn12. The normalized spacial score (nSPS) is 11.0. The predicted molar refractivity (Wildman–Crippen MR) is 168 cm³/mol. The van der Waals surface area contributed by atoms with Gasteiger partial charge in [-0.3, -0.25) is 9.36 Å². The summed E-state index contributed by atoms with van der Waals surface area (Å²) in [5.41, 5.74) is 4.15. The average molecular weight is 578 g/mol. The van der Waals surface area contributed by atoms with E-state index in [2.05, 4.69) is 29.1 Å². The highest BCUT2D eigenvalue weighted by Crippen LogP contribution is 2.27. The third-order valence-electron chi connectivity index (χ3n) is 6.21. The lowest BCUT2D eigenvalue weighted by atomic mass is 9.94. The first-order valence-corrected chi connectivity index (χ1v) is 14.7. The van der Waals surface area contributed by atoms with Crippen LogP contribution in [0, 0.1) is 12.7 Å². The lowest BCUT2D eigenvalue weighted by Gasteiger charge is -2.15. The topological polar surface area (TPSA) is 90.8 Å². The minimum absolute atomic E-state index is 0.143. The highest BCUT2D eigenvalue weighted by atomic mass is 19.1. The summed E-state index contributed by atoms with van der Waals surface area (Å²) >= 11 is 0. The van der Waals surface area contributed by atoms with Gasteiger partial charge in [-0.2, -0.15) is 10.1 Å². The van der Waals surface area contributed by atoms with E-state index < -0.39 is 11.8 Å². The summed E-state index contributed by atoms with van der Waals surface area (Å²) in [4.78, 5) is 33.9. The van der Waals surface area contributed by atoms with Gasteiger partial charge in [0, 0.05) is 31.0 Å². The van der Waals surface area contributed by atoms with Crippen molar-refractivity contribution in [3.05, 3.63) is 86.8 Å². The van der Waals surface area contributed by atoms with Crippen molar-refractivity contribution in [2.45, 2.75) is 94.5 Å². The summed E-state index contributed by atoms with van der Waals surface area (Å²) in [6, 6.07) is 12.4. The smallest absolute Gasteiger partial charge is 0.318 e. The predicted octanol–water partition coefficient (Wildman–Crippen LogP) is 7.30. The Bertz CT molecular complexity index is 1590. The monoisotopic (exact) mass is 577 g/mol. The number of carbonyl (C=O) groups is 1. The molecular weight excluding hydrogens is 533 g/mol. The van der Waals surface area contributed by atoms with Crippen LogP contribution in [-0.2, 0) is 29.0 Å². The lowest BCUT2D eigenvalue weighted by molar-refractivity contribution is -0.140. The number of hydrogen-bond acceptors (Lipinski definition) is 6. The van der Waals surface area contributed by atoms with Crippen LogP contribution >= 0.6 is 0 Å². The third-order valence-corrected chi connectivity index (χ3v) is 6.21. The number of fused-ring (bicyclic) bond motifs is 1. The van der Waals surface area contributed by atoms with Crippen LogP contribution in [0.25, 0.3) is 16.9 Å². The molecule has 2 heterocycles. The molecule has 0 saturated heterocycles. The second kappa shape index (κ2) is 16.3. The minimum Gasteiger partial charge on any atom is -0.318 e. The Morgan fingerprint density at radius 1 is 1.05 bits per heavy atom. The van der Waals surface area contributed by atoms with Crippen LogP contribution < -0.4 is 5.56 Å². The molecule has 0 atom stereocenters. The molecule has 0 unspecified atom stereocenters. The van der Waals surface area contributed by atoms with Gasteiger partial charge in [0.05, 0.1) is 11.4 Å². The van der Waals surface area contributed by atoms with Crippen molar-refractivity contribution >= 4 is 17.5 Å².